The van der Waals surface area contributed by atoms with Crippen molar-refractivity contribution in [1.82, 2.24) is 4.98 Å². The van der Waals surface area contributed by atoms with Crippen molar-refractivity contribution >= 4 is 22.9 Å². The number of aromatic nitrogens is 1. The number of hydrogen-bond donors (Lipinski definition) is 1. The Morgan fingerprint density at radius 1 is 1.73 bits per heavy atom. The molecule has 1 aliphatic carbocycles. The van der Waals surface area contributed by atoms with Crippen LogP contribution in [0.1, 0.15) is 23.9 Å². The smallest absolute Gasteiger partial charge is 0.113 e. The molecule has 0 radical (unpaired) electrons. The summed E-state index contributed by atoms with van der Waals surface area (Å²) in [6.07, 6.45) is 4.17. The van der Waals surface area contributed by atoms with Crippen LogP contribution < -0.4 is 5.73 Å². The van der Waals surface area contributed by atoms with Crippen molar-refractivity contribution < 1.29 is 0 Å². The van der Waals surface area contributed by atoms with Gasteiger partial charge in [0.2, 0.25) is 0 Å². The molecule has 1 atom stereocenters. The van der Waals surface area contributed by atoms with Crippen molar-refractivity contribution in [3.8, 4) is 0 Å². The van der Waals surface area contributed by atoms with Crippen LogP contribution in [0.15, 0.2) is 6.20 Å². The van der Waals surface area contributed by atoms with Crippen LogP contribution in [0.2, 0.25) is 4.34 Å². The molecule has 11 heavy (non-hydrogen) atoms. The average molecular weight is 189 g/mol. The van der Waals surface area contributed by atoms with Gasteiger partial charge in [0.15, 0.2) is 0 Å². The molecule has 2 rings (SSSR count). The number of thiazole rings is 1. The molecule has 1 heterocycles. The highest BCUT2D eigenvalue weighted by molar-refractivity contribution is 7.15. The number of nitrogens with two attached hydrogens (primary N) is 1. The molecule has 1 aromatic rings. The molecule has 60 valence electrons. The summed E-state index contributed by atoms with van der Waals surface area (Å²) in [4.78, 5) is 4.14. The van der Waals surface area contributed by atoms with Crippen LogP contribution >= 0.6 is 22.9 Å². The minimum absolute atomic E-state index is 0.132. The Balaban J connectivity index is 2.14. The van der Waals surface area contributed by atoms with Crippen molar-refractivity contribution in [2.75, 3.05) is 0 Å². The molecule has 1 saturated carbocycles. The topological polar surface area (TPSA) is 38.9 Å². The van der Waals surface area contributed by atoms with Gasteiger partial charge in [0.1, 0.15) is 9.34 Å². The van der Waals surface area contributed by atoms with E-state index in [1.807, 2.05) is 0 Å². The highest BCUT2D eigenvalue weighted by atomic mass is 35.5. The van der Waals surface area contributed by atoms with E-state index in [1.165, 1.54) is 24.2 Å². The minimum atomic E-state index is 0.132. The fourth-order valence-electron chi connectivity index (χ4n) is 1.08. The average Bonchev–Trinajstić information content (AvgIpc) is 2.74. The van der Waals surface area contributed by atoms with E-state index in [4.69, 9.17) is 17.3 Å². The Bertz CT molecular complexity index is 257. The summed E-state index contributed by atoms with van der Waals surface area (Å²) in [5, 5.41) is 0.984. The van der Waals surface area contributed by atoms with Gasteiger partial charge >= 0.3 is 0 Å². The van der Waals surface area contributed by atoms with Gasteiger partial charge in [0.25, 0.3) is 0 Å². The van der Waals surface area contributed by atoms with E-state index in [9.17, 15) is 0 Å². The first kappa shape index (κ1) is 7.53. The lowest BCUT2D eigenvalue weighted by molar-refractivity contribution is 0.629. The first-order valence-electron chi connectivity index (χ1n) is 3.64. The van der Waals surface area contributed by atoms with Crippen LogP contribution in [0, 0.1) is 5.92 Å². The highest BCUT2D eigenvalue weighted by Gasteiger charge is 2.31. The Labute approximate surface area is 74.4 Å². The van der Waals surface area contributed by atoms with E-state index in [1.54, 1.807) is 6.20 Å². The van der Waals surface area contributed by atoms with E-state index >= 15 is 0 Å². The number of rotatable bonds is 2. The van der Waals surface area contributed by atoms with E-state index in [2.05, 4.69) is 4.98 Å². The Hall–Kier alpha value is -0.120. The second-order valence-corrected chi connectivity index (χ2v) is 4.56. The van der Waals surface area contributed by atoms with E-state index < -0.39 is 0 Å². The van der Waals surface area contributed by atoms with Crippen LogP contribution in [0.5, 0.6) is 0 Å². The zero-order chi connectivity index (χ0) is 7.84. The lowest BCUT2D eigenvalue weighted by Gasteiger charge is -2.03. The molecule has 0 aromatic carbocycles. The van der Waals surface area contributed by atoms with Crippen molar-refractivity contribution in [3.05, 3.63) is 15.5 Å². The van der Waals surface area contributed by atoms with Crippen LogP contribution in [-0.4, -0.2) is 4.98 Å². The molecule has 0 aliphatic heterocycles. The lowest BCUT2D eigenvalue weighted by Crippen LogP contribution is -2.11. The van der Waals surface area contributed by atoms with Gasteiger partial charge in [-0.05, 0) is 18.8 Å². The molecule has 1 aliphatic rings. The second kappa shape index (κ2) is 2.73. The molecule has 4 heteroatoms. The summed E-state index contributed by atoms with van der Waals surface area (Å²) in [5.41, 5.74) is 5.90. The molecule has 2 N–H and O–H groups in total. The van der Waals surface area contributed by atoms with Gasteiger partial charge in [-0.2, -0.15) is 0 Å². The Morgan fingerprint density at radius 2 is 2.45 bits per heavy atom. The lowest BCUT2D eigenvalue weighted by atomic mass is 10.2. The zero-order valence-corrected chi connectivity index (χ0v) is 7.53. The summed E-state index contributed by atoms with van der Waals surface area (Å²) in [7, 11) is 0. The maximum atomic E-state index is 5.90. The summed E-state index contributed by atoms with van der Waals surface area (Å²) < 4.78 is 0.733. The predicted octanol–water partition coefficient (Wildman–Crippen LogP) is 2.21. The monoisotopic (exact) mass is 188 g/mol. The van der Waals surface area contributed by atoms with E-state index in [0.717, 1.165) is 9.34 Å². The van der Waals surface area contributed by atoms with Crippen molar-refractivity contribution in [1.29, 1.82) is 0 Å². The molecule has 0 saturated heterocycles. The third-order valence-electron chi connectivity index (χ3n) is 1.91. The first-order valence-corrected chi connectivity index (χ1v) is 4.83. The molecule has 1 unspecified atom stereocenters. The summed E-state index contributed by atoms with van der Waals surface area (Å²) in [6, 6.07) is 0.132. The molecule has 1 aromatic heterocycles. The predicted molar refractivity (Wildman–Crippen MR) is 46.8 cm³/mol. The van der Waals surface area contributed by atoms with E-state index in [0.29, 0.717) is 5.92 Å². The van der Waals surface area contributed by atoms with Gasteiger partial charge in [-0.15, -0.1) is 11.3 Å². The molecular formula is C7H9ClN2S. The number of hydrogen-bond acceptors (Lipinski definition) is 3. The standard InChI is InChI=1S/C7H9ClN2S/c8-5-3-10-7(11-5)6(9)4-1-2-4/h3-4,6H,1-2,9H2. The van der Waals surface area contributed by atoms with Gasteiger partial charge in [0.05, 0.1) is 12.2 Å². The van der Waals surface area contributed by atoms with Gasteiger partial charge in [-0.1, -0.05) is 11.6 Å². The van der Waals surface area contributed by atoms with Gasteiger partial charge < -0.3 is 5.73 Å². The number of halogens is 1. The Morgan fingerprint density at radius 3 is 2.91 bits per heavy atom. The first-order chi connectivity index (χ1) is 5.27. The van der Waals surface area contributed by atoms with Crippen LogP contribution in [0.4, 0.5) is 0 Å². The van der Waals surface area contributed by atoms with Crippen molar-refractivity contribution in [2.24, 2.45) is 11.7 Å². The highest BCUT2D eigenvalue weighted by Crippen LogP contribution is 2.40. The van der Waals surface area contributed by atoms with Gasteiger partial charge in [0, 0.05) is 0 Å². The van der Waals surface area contributed by atoms with Gasteiger partial charge in [-0.3, -0.25) is 0 Å². The molecule has 0 amide bonds. The summed E-state index contributed by atoms with van der Waals surface area (Å²) in [6.45, 7) is 0. The normalized spacial score (nSPS) is 20.2. The summed E-state index contributed by atoms with van der Waals surface area (Å²) in [5.74, 6) is 0.664. The second-order valence-electron chi connectivity index (χ2n) is 2.87. The molecule has 0 spiro atoms. The summed E-state index contributed by atoms with van der Waals surface area (Å²) >= 11 is 7.22. The van der Waals surface area contributed by atoms with Crippen LogP contribution in [0.3, 0.4) is 0 Å². The fourth-order valence-corrected chi connectivity index (χ4v) is 2.10. The quantitative estimate of drug-likeness (QED) is 0.773. The maximum Gasteiger partial charge on any atom is 0.113 e. The maximum absolute atomic E-state index is 5.90. The van der Waals surface area contributed by atoms with Crippen molar-refractivity contribution in [2.45, 2.75) is 18.9 Å². The number of nitrogens with zero attached hydrogens (tertiary/aromatic N) is 1. The van der Waals surface area contributed by atoms with Crippen LogP contribution in [-0.2, 0) is 0 Å². The molecule has 2 nitrogen and oxygen atoms in total. The third kappa shape index (κ3) is 1.55. The molecule has 1 fully saturated rings. The fraction of sp³-hybridized carbons (Fsp3) is 0.571. The SMILES string of the molecule is NC(c1ncc(Cl)s1)C1CC1. The zero-order valence-electron chi connectivity index (χ0n) is 5.96. The largest absolute Gasteiger partial charge is 0.322 e. The Kier molecular flexibility index (Phi) is 1.87. The third-order valence-corrected chi connectivity index (χ3v) is 3.13. The molecule has 0 bridgehead atoms. The van der Waals surface area contributed by atoms with Gasteiger partial charge in [-0.25, -0.2) is 4.98 Å². The van der Waals surface area contributed by atoms with Crippen LogP contribution in [0.25, 0.3) is 0 Å². The van der Waals surface area contributed by atoms with Crippen molar-refractivity contribution in [3.63, 3.8) is 0 Å². The molecular weight excluding hydrogens is 180 g/mol. The minimum Gasteiger partial charge on any atom is -0.322 e. The van der Waals surface area contributed by atoms with E-state index in [-0.39, 0.29) is 6.04 Å².